The lowest BCUT2D eigenvalue weighted by Crippen LogP contribution is -2.46. The molecule has 3 aliphatic heterocycles. The average molecular weight is 2000 g/mol. The third-order valence-corrected chi connectivity index (χ3v) is 28.9. The number of carbonyl (C=O) groups is 5. The summed E-state index contributed by atoms with van der Waals surface area (Å²) in [6.45, 7) is -9.38. The SMILES string of the molecule is COc1ccc(C(Nc2ncnc3c2ncn3[C@@H]2O[C@H](COP(=O)(O)Sc3ccccc3)[C@@H](OP(=O)(OCCC#N)OC[C@H]3O[C@@H](n4ccc(=O)n(C(=O)c5ccccc5)c4=O)[C@H](OC)[C@@H]3OP(=O)(OCCC#N)OC[C@H]3O[C@@H](n4cnc5c(N(C(=O)c6ccccc6)C(=O)c6ccccc6)ncnc54)[C@H](OC(=O)c4ccccc4)[C@@H]3OC(=O)c3ccccc3)[C@H]2OC)(c2ccccc2)c2ccccc2)cc1. The van der Waals surface area contributed by atoms with Crippen molar-refractivity contribution < 1.29 is 112 Å². The number of rotatable bonds is 40. The third-order valence-electron chi connectivity index (χ3n) is 23.2. The third kappa shape index (κ3) is 21.6. The molecule has 44 heteroatoms. The number of benzene rings is 9. The number of fused-ring (bicyclic) bond motifs is 2. The van der Waals surface area contributed by atoms with E-state index in [1.165, 1.54) is 102 Å². The lowest BCUT2D eigenvalue weighted by molar-refractivity contribution is -0.0685. The number of hydrogen-bond acceptors (Lipinski definition) is 35. The molecule has 40 nitrogen and oxygen atoms in total. The molecule has 14 aromatic rings. The summed E-state index contributed by atoms with van der Waals surface area (Å²) >= 11 is 0.488. The van der Waals surface area contributed by atoms with E-state index in [0.717, 1.165) is 58.2 Å². The predicted molar refractivity (Wildman–Crippen MR) is 507 cm³/mol. The molecule has 0 aliphatic carbocycles. The molecule has 726 valence electrons. The van der Waals surface area contributed by atoms with Crippen molar-refractivity contribution in [2.45, 2.75) is 96.9 Å². The van der Waals surface area contributed by atoms with Gasteiger partial charge in [0.1, 0.15) is 66.7 Å². The van der Waals surface area contributed by atoms with Crippen molar-refractivity contribution in [1.29, 1.82) is 10.5 Å². The molecule has 3 saturated heterocycles. The molecule has 17 rings (SSSR count). The molecule has 2 N–H and O–H groups in total. The number of aromatic nitrogens is 10. The Morgan fingerprint density at radius 1 is 0.458 bits per heavy atom. The van der Waals surface area contributed by atoms with Gasteiger partial charge in [-0.15, -0.1) is 0 Å². The van der Waals surface area contributed by atoms with E-state index in [2.05, 4.69) is 20.3 Å². The molecule has 5 aromatic heterocycles. The lowest BCUT2D eigenvalue weighted by atomic mass is 9.77. The van der Waals surface area contributed by atoms with Crippen LogP contribution < -0.4 is 26.2 Å². The first-order valence-electron chi connectivity index (χ1n) is 44.0. The largest absolute Gasteiger partial charge is 0.497 e. The van der Waals surface area contributed by atoms with Gasteiger partial charge in [-0.25, -0.2) is 62.9 Å². The second-order valence-corrected chi connectivity index (χ2v) is 38.8. The van der Waals surface area contributed by atoms with Crippen LogP contribution >= 0.6 is 33.8 Å². The van der Waals surface area contributed by atoms with E-state index in [9.17, 15) is 48.7 Å². The van der Waals surface area contributed by atoms with Gasteiger partial charge in [0.05, 0.1) is 88.9 Å². The number of imide groups is 1. The highest BCUT2D eigenvalue weighted by molar-refractivity contribution is 8.54. The van der Waals surface area contributed by atoms with Crippen LogP contribution in [-0.4, -0.2) is 192 Å². The minimum Gasteiger partial charge on any atom is -0.497 e. The Balaban J connectivity index is 0.741. The van der Waals surface area contributed by atoms with Crippen molar-refractivity contribution in [3.8, 4) is 17.9 Å². The van der Waals surface area contributed by atoms with Crippen LogP contribution in [0.15, 0.2) is 319 Å². The molecule has 0 spiro atoms. The monoisotopic (exact) mass is 2000 g/mol. The Morgan fingerprint density at radius 2 is 0.866 bits per heavy atom. The maximum atomic E-state index is 16.5. The molecule has 3 fully saturated rings. The Hall–Kier alpha value is -14.4. The molecule has 2 amide bonds. The van der Waals surface area contributed by atoms with E-state index in [-0.39, 0.29) is 61.8 Å². The second-order valence-electron chi connectivity index (χ2n) is 31.8. The number of carbonyl (C=O) groups excluding carboxylic acids is 5. The minimum absolute atomic E-state index is 0.0176. The van der Waals surface area contributed by atoms with Crippen molar-refractivity contribution in [3.05, 3.63) is 370 Å². The highest BCUT2D eigenvalue weighted by atomic mass is 32.7. The van der Waals surface area contributed by atoms with Gasteiger partial charge in [0.2, 0.25) is 0 Å². The van der Waals surface area contributed by atoms with Crippen LogP contribution in [0.25, 0.3) is 22.3 Å². The molecule has 15 atom stereocenters. The van der Waals surface area contributed by atoms with Gasteiger partial charge >= 0.3 is 40.1 Å². The first kappa shape index (κ1) is 99.2. The van der Waals surface area contributed by atoms with E-state index < -0.39 is 188 Å². The normalized spacial score (nSPS) is 20.7. The maximum absolute atomic E-state index is 16.5. The highest BCUT2D eigenvalue weighted by Crippen LogP contribution is 2.61. The number of nitrogens with zero attached hydrogens (tertiary/aromatic N) is 13. The number of nitriles is 2. The fraction of sp³-hybridized carbons (Fsp3) is 0.235. The lowest BCUT2D eigenvalue weighted by Gasteiger charge is -2.37. The summed E-state index contributed by atoms with van der Waals surface area (Å²) in [4.78, 5) is 144. The average Bonchev–Trinajstić information content (AvgIpc) is 1.54. The molecule has 3 unspecified atom stereocenters. The summed E-state index contributed by atoms with van der Waals surface area (Å²) in [6.07, 6.45) is -16.9. The number of nitrogens with one attached hydrogen (secondary N) is 1. The first-order valence-corrected chi connectivity index (χ1v) is 49.9. The van der Waals surface area contributed by atoms with Gasteiger partial charge in [-0.2, -0.15) is 15.1 Å². The highest BCUT2D eigenvalue weighted by Gasteiger charge is 2.58. The first-order chi connectivity index (χ1) is 69.0. The molecule has 8 heterocycles. The molecule has 0 saturated carbocycles. The second kappa shape index (κ2) is 44.6. The Kier molecular flexibility index (Phi) is 31.2. The number of ether oxygens (including phenoxy) is 8. The maximum Gasteiger partial charge on any atom is 0.475 e. The number of methoxy groups -OCH3 is 3. The van der Waals surface area contributed by atoms with Gasteiger partial charge in [0.15, 0.2) is 64.9 Å². The summed E-state index contributed by atoms with van der Waals surface area (Å²) in [5.41, 5.74) is -1.49. The fourth-order valence-electron chi connectivity index (χ4n) is 16.5. The molecule has 9 aromatic carbocycles. The van der Waals surface area contributed by atoms with Crippen molar-refractivity contribution >= 4 is 97.4 Å². The van der Waals surface area contributed by atoms with Gasteiger partial charge in [-0.1, -0.05) is 182 Å². The Labute approximate surface area is 813 Å². The summed E-state index contributed by atoms with van der Waals surface area (Å²) in [7, 11) is -7.26. The quantitative estimate of drug-likeness (QED) is 0.0118. The number of anilines is 2. The van der Waals surface area contributed by atoms with Gasteiger partial charge in [-0.05, 0) is 113 Å². The zero-order valence-electron chi connectivity index (χ0n) is 75.5. The molecular formula is C98H87N14O26P3S. The van der Waals surface area contributed by atoms with Crippen molar-refractivity contribution in [2.24, 2.45) is 0 Å². The summed E-state index contributed by atoms with van der Waals surface area (Å²) in [5.74, 6) is -4.35. The number of imidazole rings is 2. The number of phosphoric acid groups is 2. The van der Waals surface area contributed by atoms with Crippen LogP contribution in [0.2, 0.25) is 0 Å². The summed E-state index contributed by atoms with van der Waals surface area (Å²) in [6, 6.07) is 77.6. The van der Waals surface area contributed by atoms with E-state index in [1.807, 2.05) is 97.1 Å². The molecule has 0 bridgehead atoms. The van der Waals surface area contributed by atoms with Crippen molar-refractivity contribution in [1.82, 2.24) is 48.2 Å². The predicted octanol–water partition coefficient (Wildman–Crippen LogP) is 14.2. The van der Waals surface area contributed by atoms with Crippen LogP contribution in [0.3, 0.4) is 0 Å². The fourth-order valence-corrected chi connectivity index (χ4v) is 21.7. The van der Waals surface area contributed by atoms with Crippen LogP contribution in [0.1, 0.15) is 100 Å². The zero-order chi connectivity index (χ0) is 99.1. The smallest absolute Gasteiger partial charge is 0.475 e. The van der Waals surface area contributed by atoms with Crippen LogP contribution in [0.5, 0.6) is 5.75 Å². The summed E-state index contributed by atoms with van der Waals surface area (Å²) in [5, 5.41) is 24.0. The molecule has 3 aliphatic rings. The number of amides is 2. The minimum atomic E-state index is -5.63. The van der Waals surface area contributed by atoms with E-state index in [1.54, 1.807) is 116 Å². The van der Waals surface area contributed by atoms with Crippen LogP contribution in [0, 0.1) is 22.7 Å². The standard InChI is InChI=1S/C98H87N14O26P3S/c1-124-71-48-46-70(47-49-71)98(68-40-22-9-23-41-68,69-42-24-10-25-43-69)107-85-77-86(102-59-101-85)109(61-105-77)93-83(126-3)80(74(134-93)56-129-139(120,121)142-72-44-26-11-27-45-72)137-141(123,128-55-29-52-100)131-58-75-81(82(125-2)92(133-75)108-53-50-76(113)111(97(108)119)89(114)63-30-12-4-13-31-63)138-140(122,127-54-28-51-99)130-57-73-79(135-95(117)66-36-18-7-19-37-66)84(136-96(118)67-38-20-8-21-39-67)94(132-73)110-62-106-78-87(110)103-60-104-88(78)112(90(115)64-32-14-5-15-33-64)91(116)65-34-16-6-17-35-65/h4-27,30-50,53,59-62,73-75,79-84,92-94H,28-29,54-58H2,1-3H3,(H,120,121)(H,101,102,107)/t73-,74-,75-,79-,80-,81-,82-,83-,84-,92-,93-,94-,140?,141?/m1/s1. The Bertz CT molecular complexity index is 7130. The van der Waals surface area contributed by atoms with Crippen molar-refractivity contribution in [2.75, 3.05) is 64.6 Å². The van der Waals surface area contributed by atoms with E-state index in [4.69, 9.17) is 84.5 Å². The van der Waals surface area contributed by atoms with Gasteiger partial charge in [-0.3, -0.25) is 64.5 Å². The van der Waals surface area contributed by atoms with Crippen LogP contribution in [-0.2, 0) is 84.1 Å². The van der Waals surface area contributed by atoms with Crippen LogP contribution in [0.4, 0.5) is 11.6 Å². The topological polar surface area (TPSA) is 489 Å². The van der Waals surface area contributed by atoms with Gasteiger partial charge in [0, 0.05) is 48.1 Å². The number of esters is 2. The van der Waals surface area contributed by atoms with Crippen molar-refractivity contribution in [3.63, 3.8) is 0 Å². The van der Waals surface area contributed by atoms with Gasteiger partial charge < -0.3 is 48.1 Å². The van der Waals surface area contributed by atoms with Gasteiger partial charge in [0.25, 0.3) is 23.3 Å². The number of phosphoric ester groups is 2. The zero-order valence-corrected chi connectivity index (χ0v) is 79.0. The molecule has 0 radical (unpaired) electrons. The molecule has 142 heavy (non-hydrogen) atoms. The Morgan fingerprint density at radius 3 is 1.35 bits per heavy atom. The number of hydrogen-bond donors (Lipinski definition) is 2. The van der Waals surface area contributed by atoms with E-state index >= 15 is 13.9 Å². The molecular weight excluding hydrogens is 1910 g/mol. The summed E-state index contributed by atoms with van der Waals surface area (Å²) < 4.78 is 146. The van der Waals surface area contributed by atoms with E-state index in [0.29, 0.717) is 26.6 Å².